The number of fused-ring (bicyclic) bond motifs is 1. The van der Waals surface area contributed by atoms with Crippen LogP contribution in [0.2, 0.25) is 0 Å². The first-order valence-electron chi connectivity index (χ1n) is 11.7. The lowest BCUT2D eigenvalue weighted by atomic mass is 9.40. The summed E-state index contributed by atoms with van der Waals surface area (Å²) in [5.41, 5.74) is 3.08. The van der Waals surface area contributed by atoms with Crippen LogP contribution in [-0.2, 0) is 13.0 Å². The van der Waals surface area contributed by atoms with Crippen LogP contribution in [0.3, 0.4) is 0 Å². The van der Waals surface area contributed by atoms with Crippen molar-refractivity contribution in [2.24, 2.45) is 16.7 Å². The number of hydrogen-bond acceptors (Lipinski definition) is 6. The largest absolute Gasteiger partial charge is 0.396 e. The summed E-state index contributed by atoms with van der Waals surface area (Å²) in [5, 5.41) is 29.0. The van der Waals surface area contributed by atoms with Gasteiger partial charge in [0, 0.05) is 19.2 Å². The van der Waals surface area contributed by atoms with E-state index in [0.717, 1.165) is 23.7 Å². The number of amides is 1. The Bertz CT molecular complexity index is 1150. The number of hydrogen-bond donors (Lipinski definition) is 2. The molecule has 3 bridgehead atoms. The van der Waals surface area contributed by atoms with Crippen molar-refractivity contribution in [3.63, 3.8) is 0 Å². The van der Waals surface area contributed by atoms with Gasteiger partial charge in [-0.2, -0.15) is 9.90 Å². The maximum absolute atomic E-state index is 13.1. The van der Waals surface area contributed by atoms with E-state index in [1.54, 1.807) is 4.52 Å². The van der Waals surface area contributed by atoms with E-state index in [1.165, 1.54) is 49.7 Å². The zero-order chi connectivity index (χ0) is 21.8. The van der Waals surface area contributed by atoms with Crippen LogP contribution >= 0.6 is 0 Å². The smallest absolute Gasteiger partial charge is 0.253 e. The van der Waals surface area contributed by atoms with Gasteiger partial charge in [0.1, 0.15) is 6.54 Å². The van der Waals surface area contributed by atoms with E-state index in [2.05, 4.69) is 25.8 Å². The number of nitrogens with one attached hydrogen (secondary N) is 1. The van der Waals surface area contributed by atoms with E-state index in [-0.39, 0.29) is 12.5 Å². The number of aliphatic hydroxyl groups excluding tert-OH is 1. The minimum atomic E-state index is -0.0304. The molecule has 9 heteroatoms. The fraction of sp³-hybridized carbons (Fsp3) is 0.609. The Hall–Kier alpha value is -2.81. The molecule has 4 saturated carbocycles. The summed E-state index contributed by atoms with van der Waals surface area (Å²) in [6.45, 7) is 1.12. The minimum Gasteiger partial charge on any atom is -0.396 e. The van der Waals surface area contributed by atoms with Gasteiger partial charge in [-0.15, -0.1) is 10.2 Å². The molecule has 3 heterocycles. The van der Waals surface area contributed by atoms with Crippen LogP contribution in [0.15, 0.2) is 24.4 Å². The van der Waals surface area contributed by atoms with Crippen LogP contribution in [0.4, 0.5) is 0 Å². The lowest BCUT2D eigenvalue weighted by Crippen LogP contribution is -2.59. The highest BCUT2D eigenvalue weighted by Crippen LogP contribution is 2.69. The molecule has 0 aliphatic heterocycles. The second kappa shape index (κ2) is 7.37. The summed E-state index contributed by atoms with van der Waals surface area (Å²) in [5.74, 6) is 1.34. The van der Waals surface area contributed by atoms with E-state index in [0.29, 0.717) is 35.2 Å². The van der Waals surface area contributed by atoms with Crippen LogP contribution in [0.1, 0.15) is 66.8 Å². The van der Waals surface area contributed by atoms with Crippen molar-refractivity contribution in [2.75, 3.05) is 13.2 Å². The van der Waals surface area contributed by atoms with Gasteiger partial charge in [0.2, 0.25) is 0 Å². The third kappa shape index (κ3) is 3.39. The third-order valence-electron chi connectivity index (χ3n) is 7.82. The summed E-state index contributed by atoms with van der Waals surface area (Å²) in [6.07, 6.45) is 11.7. The molecule has 4 aliphatic carbocycles. The van der Waals surface area contributed by atoms with Crippen molar-refractivity contribution in [3.8, 4) is 0 Å². The molecule has 1 unspecified atom stereocenters. The van der Waals surface area contributed by atoms with E-state index in [4.69, 9.17) is 5.11 Å². The van der Waals surface area contributed by atoms with Gasteiger partial charge in [0.25, 0.3) is 5.91 Å². The molecule has 1 amide bonds. The topological polar surface area (TPSA) is 110 Å². The van der Waals surface area contributed by atoms with Gasteiger partial charge < -0.3 is 10.4 Å². The van der Waals surface area contributed by atoms with Crippen LogP contribution in [-0.4, -0.2) is 54.0 Å². The van der Waals surface area contributed by atoms with Gasteiger partial charge in [-0.05, 0) is 72.3 Å². The number of rotatable bonds is 7. The first-order chi connectivity index (χ1) is 15.6. The number of carbonyl (C=O) groups is 1. The fourth-order valence-electron chi connectivity index (χ4n) is 6.96. The van der Waals surface area contributed by atoms with Crippen molar-refractivity contribution in [2.45, 2.75) is 57.9 Å². The molecular formula is C23H29N7O2. The molecule has 1 spiro atoms. The molecule has 7 rings (SSSR count). The van der Waals surface area contributed by atoms with Gasteiger partial charge in [-0.3, -0.25) is 4.79 Å². The third-order valence-corrected chi connectivity index (χ3v) is 7.82. The number of nitrogens with zero attached hydrogens (tertiary/aromatic N) is 6. The Kier molecular flexibility index (Phi) is 4.57. The fourth-order valence-corrected chi connectivity index (χ4v) is 6.96. The van der Waals surface area contributed by atoms with Crippen LogP contribution in [0.5, 0.6) is 0 Å². The second-order valence-electron chi connectivity index (χ2n) is 10.3. The number of aromatic nitrogens is 6. The molecule has 0 saturated heterocycles. The molecule has 0 aromatic carbocycles. The quantitative estimate of drug-likeness (QED) is 0.587. The maximum atomic E-state index is 13.1. The molecule has 2 N–H and O–H groups in total. The molecular weight excluding hydrogens is 406 g/mol. The highest BCUT2D eigenvalue weighted by Gasteiger charge is 2.60. The zero-order valence-corrected chi connectivity index (χ0v) is 18.2. The van der Waals surface area contributed by atoms with Crippen molar-refractivity contribution >= 4 is 11.4 Å². The van der Waals surface area contributed by atoms with Crippen LogP contribution < -0.4 is 5.32 Å². The monoisotopic (exact) mass is 435 g/mol. The van der Waals surface area contributed by atoms with Crippen molar-refractivity contribution in [1.29, 1.82) is 0 Å². The molecule has 4 aliphatic rings. The Morgan fingerprint density at radius 1 is 1.28 bits per heavy atom. The van der Waals surface area contributed by atoms with E-state index < -0.39 is 0 Å². The van der Waals surface area contributed by atoms with Crippen molar-refractivity contribution in [1.82, 2.24) is 35.1 Å². The molecule has 168 valence electrons. The normalized spacial score (nSPS) is 28.5. The van der Waals surface area contributed by atoms with Crippen molar-refractivity contribution < 1.29 is 9.90 Å². The average molecular weight is 436 g/mol. The summed E-state index contributed by atoms with van der Waals surface area (Å²) >= 11 is 0. The molecule has 4 fully saturated rings. The zero-order valence-electron chi connectivity index (χ0n) is 18.2. The highest BCUT2D eigenvalue weighted by atomic mass is 16.3. The second-order valence-corrected chi connectivity index (χ2v) is 10.3. The van der Waals surface area contributed by atoms with Gasteiger partial charge in [-0.25, -0.2) is 4.52 Å². The predicted molar refractivity (Wildman–Crippen MR) is 116 cm³/mol. The van der Waals surface area contributed by atoms with Crippen molar-refractivity contribution in [3.05, 3.63) is 41.5 Å². The standard InChI is InChI=1S/C23H29N7O2/c31-8-5-20-25-28-30(27-20)12-17-9-19-18(4-2-7-29(19)26-17)21(32)24-15-23-11-16-3-1-6-22(10-16,13-23)14-23/h2,4,7,9,16,31H,1,3,5-6,8,10-15H2,(H,24,32). The lowest BCUT2D eigenvalue weighted by Gasteiger charge is -2.65. The number of aliphatic hydroxyl groups is 1. The van der Waals surface area contributed by atoms with Gasteiger partial charge in [0.15, 0.2) is 5.82 Å². The van der Waals surface area contributed by atoms with Gasteiger partial charge in [-0.1, -0.05) is 12.8 Å². The summed E-state index contributed by atoms with van der Waals surface area (Å²) in [7, 11) is 0. The average Bonchev–Trinajstić information content (AvgIpc) is 3.37. The first kappa shape index (κ1) is 19.8. The van der Waals surface area contributed by atoms with Crippen LogP contribution in [0, 0.1) is 16.7 Å². The Labute approximate surface area is 186 Å². The predicted octanol–water partition coefficient (Wildman–Crippen LogP) is 1.99. The molecule has 9 nitrogen and oxygen atoms in total. The first-order valence-corrected chi connectivity index (χ1v) is 11.7. The van der Waals surface area contributed by atoms with E-state index in [1.807, 2.05) is 24.4 Å². The number of pyridine rings is 1. The summed E-state index contributed by atoms with van der Waals surface area (Å²) in [6, 6.07) is 5.62. The highest BCUT2D eigenvalue weighted by molar-refractivity contribution is 6.00. The SMILES string of the molecule is O=C(NCC12CC3CCCC(C3)(C1)C2)c1cccn2nc(Cn3nnc(CCO)n3)cc12. The minimum absolute atomic E-state index is 0.0124. The number of carbonyl (C=O) groups excluding carboxylic acids is 1. The summed E-state index contributed by atoms with van der Waals surface area (Å²) in [4.78, 5) is 14.6. The van der Waals surface area contributed by atoms with Crippen LogP contribution in [0.25, 0.3) is 5.52 Å². The number of tetrazole rings is 1. The molecule has 0 radical (unpaired) electrons. The Morgan fingerprint density at radius 2 is 2.19 bits per heavy atom. The summed E-state index contributed by atoms with van der Waals surface area (Å²) < 4.78 is 1.73. The maximum Gasteiger partial charge on any atom is 0.253 e. The van der Waals surface area contributed by atoms with E-state index in [9.17, 15) is 4.79 Å². The Morgan fingerprint density at radius 3 is 3.03 bits per heavy atom. The van der Waals surface area contributed by atoms with Gasteiger partial charge in [0.05, 0.1) is 23.4 Å². The molecule has 3 aromatic rings. The molecule has 32 heavy (non-hydrogen) atoms. The van der Waals surface area contributed by atoms with E-state index >= 15 is 0 Å². The molecule has 3 aromatic heterocycles. The molecule has 1 atom stereocenters. The Balaban J connectivity index is 1.16. The van der Waals surface area contributed by atoms with Gasteiger partial charge >= 0.3 is 0 Å². The lowest BCUT2D eigenvalue weighted by molar-refractivity contribution is -0.142.